The molecule has 6 nitrogen and oxygen atoms in total. The van der Waals surface area contributed by atoms with Crippen LogP contribution in [0.4, 0.5) is 5.82 Å². The third kappa shape index (κ3) is 5.12. The maximum atomic E-state index is 12.3. The Bertz CT molecular complexity index is 858. The Labute approximate surface area is 173 Å². The zero-order chi connectivity index (χ0) is 21.0. The van der Waals surface area contributed by atoms with Crippen LogP contribution < -0.4 is 4.90 Å². The molecule has 1 fully saturated rings. The van der Waals surface area contributed by atoms with Gasteiger partial charge in [-0.05, 0) is 19.4 Å². The van der Waals surface area contributed by atoms with Crippen LogP contribution >= 0.6 is 0 Å². The maximum absolute atomic E-state index is 12.3. The minimum atomic E-state index is 0.0352. The molecule has 2 aromatic rings. The SMILES string of the molecule is COCc1nc(C)nc(N2CCN(C(=O)C(C)C)CC2)c1Cc1cccc(C)c1. The number of amides is 1. The standard InChI is InChI=1S/C23H32N4O2/c1-16(2)23(28)27-11-9-26(10-12-27)22-20(14-19-8-6-7-17(3)13-19)21(15-29-5)24-18(4)25-22/h6-8,13,16H,9-12,14-15H2,1-5H3. The predicted octanol–water partition coefficient (Wildman–Crippen LogP) is 3.14. The fraction of sp³-hybridized carbons (Fsp3) is 0.522. The molecule has 1 aliphatic rings. The molecule has 0 spiro atoms. The van der Waals surface area contributed by atoms with Gasteiger partial charge in [0.15, 0.2) is 0 Å². The summed E-state index contributed by atoms with van der Waals surface area (Å²) in [6.45, 7) is 11.4. The number of rotatable bonds is 6. The highest BCUT2D eigenvalue weighted by Gasteiger charge is 2.26. The summed E-state index contributed by atoms with van der Waals surface area (Å²) in [6.07, 6.45) is 0.765. The average molecular weight is 397 g/mol. The number of ether oxygens (including phenoxy) is 1. The fourth-order valence-corrected chi connectivity index (χ4v) is 3.87. The Morgan fingerprint density at radius 3 is 2.48 bits per heavy atom. The third-order valence-electron chi connectivity index (χ3n) is 5.31. The van der Waals surface area contributed by atoms with Crippen LogP contribution in [0.3, 0.4) is 0 Å². The van der Waals surface area contributed by atoms with Crippen LogP contribution in [0.25, 0.3) is 0 Å². The van der Waals surface area contributed by atoms with Crippen molar-refractivity contribution in [2.45, 2.75) is 40.7 Å². The van der Waals surface area contributed by atoms with Crippen molar-refractivity contribution in [1.82, 2.24) is 14.9 Å². The molecule has 1 aliphatic heterocycles. The fourth-order valence-electron chi connectivity index (χ4n) is 3.87. The smallest absolute Gasteiger partial charge is 0.225 e. The topological polar surface area (TPSA) is 58.6 Å². The number of carbonyl (C=O) groups is 1. The minimum absolute atomic E-state index is 0.0352. The first-order valence-electron chi connectivity index (χ1n) is 10.3. The summed E-state index contributed by atoms with van der Waals surface area (Å²) in [5.41, 5.74) is 4.54. The molecule has 1 aromatic carbocycles. The van der Waals surface area contributed by atoms with Gasteiger partial charge in [0, 0.05) is 51.2 Å². The molecule has 0 radical (unpaired) electrons. The zero-order valence-corrected chi connectivity index (χ0v) is 18.2. The van der Waals surface area contributed by atoms with Crippen molar-refractivity contribution in [3.05, 3.63) is 52.5 Å². The summed E-state index contributed by atoms with van der Waals surface area (Å²) >= 11 is 0. The molecule has 1 amide bonds. The second-order valence-corrected chi connectivity index (χ2v) is 8.09. The van der Waals surface area contributed by atoms with Crippen LogP contribution in [-0.2, 0) is 22.6 Å². The first-order valence-corrected chi connectivity index (χ1v) is 10.3. The van der Waals surface area contributed by atoms with Gasteiger partial charge in [0.1, 0.15) is 11.6 Å². The van der Waals surface area contributed by atoms with E-state index >= 15 is 0 Å². The van der Waals surface area contributed by atoms with Gasteiger partial charge in [-0.25, -0.2) is 9.97 Å². The molecule has 0 bridgehead atoms. The molecule has 1 aromatic heterocycles. The predicted molar refractivity (Wildman–Crippen MR) is 115 cm³/mol. The Morgan fingerprint density at radius 2 is 1.86 bits per heavy atom. The lowest BCUT2D eigenvalue weighted by Crippen LogP contribution is -2.50. The molecule has 29 heavy (non-hydrogen) atoms. The van der Waals surface area contributed by atoms with E-state index < -0.39 is 0 Å². The largest absolute Gasteiger partial charge is 0.378 e. The molecule has 0 aliphatic carbocycles. The third-order valence-corrected chi connectivity index (χ3v) is 5.31. The van der Waals surface area contributed by atoms with Gasteiger partial charge in [0.2, 0.25) is 5.91 Å². The van der Waals surface area contributed by atoms with Crippen molar-refractivity contribution in [1.29, 1.82) is 0 Å². The summed E-state index contributed by atoms with van der Waals surface area (Å²) in [6, 6.07) is 8.55. The Balaban J connectivity index is 1.90. The van der Waals surface area contributed by atoms with E-state index in [4.69, 9.17) is 9.72 Å². The summed E-state index contributed by atoms with van der Waals surface area (Å²) in [5, 5.41) is 0. The second-order valence-electron chi connectivity index (χ2n) is 8.09. The van der Waals surface area contributed by atoms with Crippen molar-refractivity contribution in [3.8, 4) is 0 Å². The lowest BCUT2D eigenvalue weighted by Gasteiger charge is -2.37. The molecule has 1 saturated heterocycles. The summed E-state index contributed by atoms with van der Waals surface area (Å²) in [7, 11) is 1.70. The molecule has 3 rings (SSSR count). The van der Waals surface area contributed by atoms with Gasteiger partial charge in [-0.1, -0.05) is 43.7 Å². The van der Waals surface area contributed by atoms with Crippen LogP contribution in [0.15, 0.2) is 24.3 Å². The van der Waals surface area contributed by atoms with Crippen LogP contribution in [0.1, 0.15) is 42.1 Å². The Hall–Kier alpha value is -2.47. The van der Waals surface area contributed by atoms with Crippen molar-refractivity contribution in [2.24, 2.45) is 5.92 Å². The van der Waals surface area contributed by atoms with E-state index in [1.807, 2.05) is 25.7 Å². The van der Waals surface area contributed by atoms with Gasteiger partial charge in [-0.2, -0.15) is 0 Å². The summed E-state index contributed by atoms with van der Waals surface area (Å²) < 4.78 is 5.44. The van der Waals surface area contributed by atoms with E-state index in [1.165, 1.54) is 11.1 Å². The van der Waals surface area contributed by atoms with Crippen molar-refractivity contribution < 1.29 is 9.53 Å². The van der Waals surface area contributed by atoms with E-state index in [0.717, 1.165) is 55.5 Å². The van der Waals surface area contributed by atoms with Gasteiger partial charge < -0.3 is 14.5 Å². The number of nitrogens with zero attached hydrogens (tertiary/aromatic N) is 4. The molecule has 0 atom stereocenters. The van der Waals surface area contributed by atoms with Crippen molar-refractivity contribution >= 4 is 11.7 Å². The van der Waals surface area contributed by atoms with Crippen LogP contribution in [0.2, 0.25) is 0 Å². The van der Waals surface area contributed by atoms with Crippen molar-refractivity contribution in [2.75, 3.05) is 38.2 Å². The lowest BCUT2D eigenvalue weighted by molar-refractivity contribution is -0.134. The van der Waals surface area contributed by atoms with Gasteiger partial charge in [-0.15, -0.1) is 0 Å². The Kier molecular flexibility index (Phi) is 6.85. The van der Waals surface area contributed by atoms with E-state index in [-0.39, 0.29) is 11.8 Å². The first-order chi connectivity index (χ1) is 13.9. The molecule has 2 heterocycles. The molecular weight excluding hydrogens is 364 g/mol. The highest BCUT2D eigenvalue weighted by Crippen LogP contribution is 2.26. The van der Waals surface area contributed by atoms with Crippen LogP contribution in [0.5, 0.6) is 0 Å². The van der Waals surface area contributed by atoms with Crippen LogP contribution in [-0.4, -0.2) is 54.1 Å². The maximum Gasteiger partial charge on any atom is 0.225 e. The number of anilines is 1. The molecule has 0 saturated carbocycles. The number of aryl methyl sites for hydroxylation is 2. The van der Waals surface area contributed by atoms with E-state index in [1.54, 1.807) is 7.11 Å². The lowest BCUT2D eigenvalue weighted by atomic mass is 10.0. The number of piperazine rings is 1. The normalized spacial score (nSPS) is 14.6. The van der Waals surface area contributed by atoms with Gasteiger partial charge in [-0.3, -0.25) is 4.79 Å². The average Bonchev–Trinajstić information content (AvgIpc) is 2.69. The number of hydrogen-bond acceptors (Lipinski definition) is 5. The Morgan fingerprint density at radius 1 is 1.14 bits per heavy atom. The highest BCUT2D eigenvalue weighted by molar-refractivity contribution is 5.78. The molecule has 156 valence electrons. The molecule has 0 unspecified atom stereocenters. The molecule has 0 N–H and O–H groups in total. The van der Waals surface area contributed by atoms with Gasteiger partial charge in [0.05, 0.1) is 12.3 Å². The second kappa shape index (κ2) is 9.35. The number of hydrogen-bond donors (Lipinski definition) is 0. The number of methoxy groups -OCH3 is 1. The van der Waals surface area contributed by atoms with E-state index in [2.05, 4.69) is 41.1 Å². The highest BCUT2D eigenvalue weighted by atomic mass is 16.5. The quantitative estimate of drug-likeness (QED) is 0.751. The molecule has 6 heteroatoms. The minimum Gasteiger partial charge on any atom is -0.378 e. The summed E-state index contributed by atoms with van der Waals surface area (Å²) in [5.74, 6) is 1.99. The number of aromatic nitrogens is 2. The van der Waals surface area contributed by atoms with E-state index in [0.29, 0.717) is 6.61 Å². The molecular formula is C23H32N4O2. The van der Waals surface area contributed by atoms with E-state index in [9.17, 15) is 4.79 Å². The number of carbonyl (C=O) groups excluding carboxylic acids is 1. The first kappa shape index (κ1) is 21.2. The monoisotopic (exact) mass is 396 g/mol. The van der Waals surface area contributed by atoms with Crippen molar-refractivity contribution in [3.63, 3.8) is 0 Å². The van der Waals surface area contributed by atoms with Gasteiger partial charge in [0.25, 0.3) is 0 Å². The summed E-state index contributed by atoms with van der Waals surface area (Å²) in [4.78, 5) is 26.1. The number of benzene rings is 1. The van der Waals surface area contributed by atoms with Crippen LogP contribution in [0, 0.1) is 19.8 Å². The zero-order valence-electron chi connectivity index (χ0n) is 18.2. The van der Waals surface area contributed by atoms with Gasteiger partial charge >= 0.3 is 0 Å².